The van der Waals surface area contributed by atoms with E-state index in [9.17, 15) is 0 Å². The Hall–Kier alpha value is -1.23. The summed E-state index contributed by atoms with van der Waals surface area (Å²) in [4.78, 5) is 0. The van der Waals surface area contributed by atoms with Crippen LogP contribution in [0.15, 0.2) is 36.6 Å². The molecule has 0 nitrogen and oxygen atoms in total. The number of benzene rings is 1. The minimum atomic E-state index is 0.731. The second-order valence-corrected chi connectivity index (χ2v) is 3.06. The summed E-state index contributed by atoms with van der Waals surface area (Å²) < 4.78 is 0. The van der Waals surface area contributed by atoms with Gasteiger partial charge in [0.25, 0.3) is 0 Å². The molecule has 1 aromatic carbocycles. The maximum atomic E-state index is 5.86. The first-order chi connectivity index (χ1) is 6.27. The normalized spacial score (nSPS) is 10.0. The fourth-order valence-corrected chi connectivity index (χ4v) is 1.29. The van der Waals surface area contributed by atoms with Gasteiger partial charge in [0.05, 0.1) is 0 Å². The Bertz CT molecular complexity index is 369. The lowest BCUT2D eigenvalue weighted by atomic mass is 10.1. The fourth-order valence-electron chi connectivity index (χ4n) is 1.11. The third kappa shape index (κ3) is 2.62. The highest BCUT2D eigenvalue weighted by molar-refractivity contribution is 6.30. The van der Waals surface area contributed by atoms with Crippen LogP contribution in [0, 0.1) is 0 Å². The van der Waals surface area contributed by atoms with Crippen LogP contribution in [0.5, 0.6) is 0 Å². The monoisotopic (exact) mass is 190 g/mol. The van der Waals surface area contributed by atoms with E-state index in [-0.39, 0.29) is 0 Å². The molecular formula is C12H11Cl. The van der Waals surface area contributed by atoms with Crippen LogP contribution in [0.3, 0.4) is 0 Å². The molecule has 0 atom stereocenters. The molecule has 0 aliphatic heterocycles. The van der Waals surface area contributed by atoms with Crippen LogP contribution in [0.4, 0.5) is 0 Å². The third-order valence-corrected chi connectivity index (χ3v) is 1.89. The molecule has 0 heterocycles. The van der Waals surface area contributed by atoms with E-state index in [1.54, 1.807) is 0 Å². The van der Waals surface area contributed by atoms with Gasteiger partial charge in [-0.25, -0.2) is 0 Å². The van der Waals surface area contributed by atoms with Crippen LogP contribution in [-0.2, 0) is 0 Å². The molecule has 0 amide bonds. The van der Waals surface area contributed by atoms with Crippen molar-refractivity contribution < 1.29 is 0 Å². The van der Waals surface area contributed by atoms with Gasteiger partial charge in [-0.15, -0.1) is 5.73 Å². The lowest BCUT2D eigenvalue weighted by Gasteiger charge is -2.00. The highest BCUT2D eigenvalue weighted by atomic mass is 35.5. The van der Waals surface area contributed by atoms with Crippen molar-refractivity contribution in [1.29, 1.82) is 0 Å². The first kappa shape index (κ1) is 9.85. The largest absolute Gasteiger partial charge is 0.128 e. The molecule has 0 saturated carbocycles. The van der Waals surface area contributed by atoms with E-state index in [1.807, 2.05) is 43.4 Å². The smallest absolute Gasteiger partial charge is 0.0412 e. The van der Waals surface area contributed by atoms with Crippen LogP contribution in [0.1, 0.15) is 18.1 Å². The Kier molecular flexibility index (Phi) is 3.57. The Labute approximate surface area is 83.9 Å². The average molecular weight is 191 g/mol. The van der Waals surface area contributed by atoms with Gasteiger partial charge < -0.3 is 0 Å². The SMILES string of the molecule is C=C=Cc1cc(Cl)ccc1/C=C/C. The van der Waals surface area contributed by atoms with Crippen LogP contribution in [-0.4, -0.2) is 0 Å². The zero-order valence-electron chi connectivity index (χ0n) is 7.55. The molecule has 0 spiro atoms. The van der Waals surface area contributed by atoms with E-state index in [0.717, 1.165) is 16.1 Å². The second-order valence-electron chi connectivity index (χ2n) is 2.62. The van der Waals surface area contributed by atoms with Gasteiger partial charge in [-0.05, 0) is 36.3 Å². The van der Waals surface area contributed by atoms with E-state index >= 15 is 0 Å². The maximum Gasteiger partial charge on any atom is 0.0412 e. The zero-order chi connectivity index (χ0) is 9.68. The standard InChI is InChI=1S/C12H11Cl/c1-3-5-10-7-8-12(13)9-11(10)6-4-2/h3,5-9H,2H2,1H3/b5-3+. The van der Waals surface area contributed by atoms with Gasteiger partial charge in [0, 0.05) is 5.02 Å². The number of hydrogen-bond acceptors (Lipinski definition) is 0. The van der Waals surface area contributed by atoms with Crippen molar-refractivity contribution in [3.63, 3.8) is 0 Å². The molecule has 1 heteroatoms. The van der Waals surface area contributed by atoms with E-state index in [1.165, 1.54) is 0 Å². The Balaban J connectivity index is 3.25. The molecular weight excluding hydrogens is 180 g/mol. The van der Waals surface area contributed by atoms with Crippen LogP contribution >= 0.6 is 11.6 Å². The molecule has 0 N–H and O–H groups in total. The number of rotatable bonds is 2. The summed E-state index contributed by atoms with van der Waals surface area (Å²) in [6.07, 6.45) is 5.84. The van der Waals surface area contributed by atoms with Crippen molar-refractivity contribution in [2.75, 3.05) is 0 Å². The fraction of sp³-hybridized carbons (Fsp3) is 0.0833. The summed E-state index contributed by atoms with van der Waals surface area (Å²) in [5, 5.41) is 0.731. The summed E-state index contributed by atoms with van der Waals surface area (Å²) in [5.74, 6) is 0. The van der Waals surface area contributed by atoms with Crippen molar-refractivity contribution >= 4 is 23.8 Å². The maximum absolute atomic E-state index is 5.86. The molecule has 13 heavy (non-hydrogen) atoms. The van der Waals surface area contributed by atoms with Crippen LogP contribution in [0.2, 0.25) is 5.02 Å². The van der Waals surface area contributed by atoms with Gasteiger partial charge in [0.15, 0.2) is 0 Å². The van der Waals surface area contributed by atoms with Gasteiger partial charge >= 0.3 is 0 Å². The lowest BCUT2D eigenvalue weighted by molar-refractivity contribution is 1.60. The molecule has 0 aromatic heterocycles. The summed E-state index contributed by atoms with van der Waals surface area (Å²) in [7, 11) is 0. The van der Waals surface area contributed by atoms with Gasteiger partial charge in [-0.3, -0.25) is 0 Å². The molecule has 0 unspecified atom stereocenters. The molecule has 66 valence electrons. The molecule has 0 bridgehead atoms. The average Bonchev–Trinajstić information content (AvgIpc) is 2.10. The van der Waals surface area contributed by atoms with Crippen molar-refractivity contribution in [3.8, 4) is 0 Å². The second kappa shape index (κ2) is 4.71. The van der Waals surface area contributed by atoms with E-state index < -0.39 is 0 Å². The van der Waals surface area contributed by atoms with Gasteiger partial charge in [0.1, 0.15) is 0 Å². The quantitative estimate of drug-likeness (QED) is 0.614. The molecule has 0 aliphatic carbocycles. The Morgan fingerprint density at radius 1 is 1.38 bits per heavy atom. The summed E-state index contributed by atoms with van der Waals surface area (Å²) >= 11 is 5.86. The van der Waals surface area contributed by atoms with Crippen molar-refractivity contribution in [2.45, 2.75) is 6.92 Å². The van der Waals surface area contributed by atoms with Crippen LogP contribution < -0.4 is 0 Å². The summed E-state index contributed by atoms with van der Waals surface area (Å²) in [6, 6.07) is 5.75. The third-order valence-electron chi connectivity index (χ3n) is 1.65. The van der Waals surface area contributed by atoms with Gasteiger partial charge in [-0.2, -0.15) is 0 Å². The molecule has 0 fully saturated rings. The molecule has 1 rings (SSSR count). The summed E-state index contributed by atoms with van der Waals surface area (Å²) in [5.41, 5.74) is 4.91. The number of allylic oxidation sites excluding steroid dienone is 1. The van der Waals surface area contributed by atoms with E-state index in [2.05, 4.69) is 12.3 Å². The highest BCUT2D eigenvalue weighted by Gasteiger charge is 1.96. The van der Waals surface area contributed by atoms with E-state index in [4.69, 9.17) is 11.6 Å². The number of hydrogen-bond donors (Lipinski definition) is 0. The van der Waals surface area contributed by atoms with Crippen LogP contribution in [0.25, 0.3) is 12.2 Å². The molecule has 0 aliphatic rings. The topological polar surface area (TPSA) is 0 Å². The zero-order valence-corrected chi connectivity index (χ0v) is 8.31. The minimum Gasteiger partial charge on any atom is -0.128 e. The van der Waals surface area contributed by atoms with Crippen molar-refractivity contribution in [3.05, 3.63) is 52.7 Å². The van der Waals surface area contributed by atoms with Crippen molar-refractivity contribution in [1.82, 2.24) is 0 Å². The minimum absolute atomic E-state index is 0.731. The molecule has 1 aromatic rings. The predicted octanol–water partition coefficient (Wildman–Crippen LogP) is 4.17. The van der Waals surface area contributed by atoms with E-state index in [0.29, 0.717) is 0 Å². The Morgan fingerprint density at radius 2 is 2.15 bits per heavy atom. The Morgan fingerprint density at radius 3 is 2.77 bits per heavy atom. The number of halogens is 1. The first-order valence-corrected chi connectivity index (χ1v) is 4.44. The first-order valence-electron chi connectivity index (χ1n) is 4.06. The molecule has 0 radical (unpaired) electrons. The lowest BCUT2D eigenvalue weighted by Crippen LogP contribution is -1.79. The predicted molar refractivity (Wildman–Crippen MR) is 59.8 cm³/mol. The molecule has 0 saturated heterocycles. The van der Waals surface area contributed by atoms with Gasteiger partial charge in [-0.1, -0.05) is 36.4 Å². The highest BCUT2D eigenvalue weighted by Crippen LogP contribution is 2.18. The van der Waals surface area contributed by atoms with Crippen molar-refractivity contribution in [2.24, 2.45) is 0 Å². The summed E-state index contributed by atoms with van der Waals surface area (Å²) in [6.45, 7) is 5.52. The van der Waals surface area contributed by atoms with Gasteiger partial charge in [0.2, 0.25) is 0 Å².